The summed E-state index contributed by atoms with van der Waals surface area (Å²) >= 11 is 5.57. The zero-order valence-electron chi connectivity index (χ0n) is 9.83. The Kier molecular flexibility index (Phi) is 3.89. The van der Waals surface area contributed by atoms with E-state index in [0.717, 1.165) is 12.8 Å². The Morgan fingerprint density at radius 1 is 1.33 bits per heavy atom. The highest BCUT2D eigenvalue weighted by atomic mass is 32.2. The standard InChI is InChI=1S/C14H14OS3/c15-6-5-10-9-13(11-3-1-7-16-11)18-14(10)12-4-2-8-17-12/h1-3,7-9,12,15H,4-6H2. The van der Waals surface area contributed by atoms with Crippen molar-refractivity contribution in [2.45, 2.75) is 18.1 Å². The van der Waals surface area contributed by atoms with Gasteiger partial charge in [0.15, 0.2) is 0 Å². The number of hydrogen-bond acceptors (Lipinski definition) is 4. The molecule has 1 N–H and O–H groups in total. The number of aliphatic hydroxyl groups is 1. The molecule has 0 aliphatic carbocycles. The monoisotopic (exact) mass is 294 g/mol. The summed E-state index contributed by atoms with van der Waals surface area (Å²) in [5.74, 6) is 0. The second kappa shape index (κ2) is 5.61. The molecular weight excluding hydrogens is 280 g/mol. The summed E-state index contributed by atoms with van der Waals surface area (Å²) in [5.41, 5.74) is 1.33. The van der Waals surface area contributed by atoms with Crippen molar-refractivity contribution in [2.24, 2.45) is 0 Å². The minimum absolute atomic E-state index is 0.235. The van der Waals surface area contributed by atoms with E-state index in [2.05, 4.69) is 35.1 Å². The first-order chi connectivity index (χ1) is 8.88. The van der Waals surface area contributed by atoms with Crippen LogP contribution in [-0.2, 0) is 6.42 Å². The number of hydrogen-bond donors (Lipinski definition) is 1. The molecule has 0 fully saturated rings. The quantitative estimate of drug-likeness (QED) is 0.881. The Morgan fingerprint density at radius 3 is 2.94 bits per heavy atom. The van der Waals surface area contributed by atoms with Gasteiger partial charge >= 0.3 is 0 Å². The molecule has 0 saturated carbocycles. The second-order valence-electron chi connectivity index (χ2n) is 4.18. The van der Waals surface area contributed by atoms with Crippen LogP contribution in [0, 0.1) is 0 Å². The highest BCUT2D eigenvalue weighted by Crippen LogP contribution is 2.46. The Bertz CT molecular complexity index is 531. The van der Waals surface area contributed by atoms with E-state index in [-0.39, 0.29) is 6.61 Å². The fourth-order valence-electron chi connectivity index (χ4n) is 2.13. The highest BCUT2D eigenvalue weighted by Gasteiger charge is 2.20. The zero-order valence-corrected chi connectivity index (χ0v) is 12.3. The molecule has 94 valence electrons. The van der Waals surface area contributed by atoms with Gasteiger partial charge < -0.3 is 5.11 Å². The predicted molar refractivity (Wildman–Crippen MR) is 82.5 cm³/mol. The van der Waals surface area contributed by atoms with Crippen LogP contribution in [0.15, 0.2) is 35.1 Å². The normalized spacial score (nSPS) is 18.6. The van der Waals surface area contributed by atoms with Crippen molar-refractivity contribution >= 4 is 34.4 Å². The molecule has 18 heavy (non-hydrogen) atoms. The molecule has 1 unspecified atom stereocenters. The van der Waals surface area contributed by atoms with E-state index in [0.29, 0.717) is 5.25 Å². The number of aliphatic hydroxyl groups excluding tert-OH is 1. The summed E-state index contributed by atoms with van der Waals surface area (Å²) in [7, 11) is 0. The molecule has 1 aliphatic rings. The fraction of sp³-hybridized carbons (Fsp3) is 0.286. The molecule has 3 rings (SSSR count). The van der Waals surface area contributed by atoms with E-state index < -0.39 is 0 Å². The van der Waals surface area contributed by atoms with Crippen LogP contribution in [0.5, 0.6) is 0 Å². The van der Waals surface area contributed by atoms with Gasteiger partial charge in [-0.25, -0.2) is 0 Å². The second-order valence-corrected chi connectivity index (χ2v) is 7.33. The number of thiophene rings is 2. The Balaban J connectivity index is 1.95. The molecule has 0 amide bonds. The van der Waals surface area contributed by atoms with Crippen LogP contribution in [0.2, 0.25) is 0 Å². The average molecular weight is 294 g/mol. The van der Waals surface area contributed by atoms with Crippen molar-refractivity contribution in [3.8, 4) is 9.75 Å². The molecule has 0 radical (unpaired) electrons. The third-order valence-corrected chi connectivity index (χ3v) is 6.58. The number of thioether (sulfide) groups is 1. The molecule has 3 heterocycles. The van der Waals surface area contributed by atoms with E-state index in [1.54, 1.807) is 11.3 Å². The lowest BCUT2D eigenvalue weighted by Crippen LogP contribution is -1.94. The summed E-state index contributed by atoms with van der Waals surface area (Å²) in [4.78, 5) is 4.12. The molecule has 1 atom stereocenters. The molecular formula is C14H14OS3. The van der Waals surface area contributed by atoms with Gasteiger partial charge in [0.2, 0.25) is 0 Å². The van der Waals surface area contributed by atoms with Crippen molar-refractivity contribution in [3.05, 3.63) is 45.5 Å². The van der Waals surface area contributed by atoms with Crippen molar-refractivity contribution in [1.29, 1.82) is 0 Å². The first kappa shape index (κ1) is 12.5. The van der Waals surface area contributed by atoms with Gasteiger partial charge in [-0.1, -0.05) is 12.1 Å². The summed E-state index contributed by atoms with van der Waals surface area (Å²) in [6, 6.07) is 6.53. The molecule has 1 aliphatic heterocycles. The Morgan fingerprint density at radius 2 is 2.28 bits per heavy atom. The first-order valence-electron chi connectivity index (χ1n) is 5.96. The fourth-order valence-corrected chi connectivity index (χ4v) is 5.38. The lowest BCUT2D eigenvalue weighted by molar-refractivity contribution is 0.299. The lowest BCUT2D eigenvalue weighted by Gasteiger charge is -2.08. The zero-order chi connectivity index (χ0) is 12.4. The molecule has 0 saturated heterocycles. The van der Waals surface area contributed by atoms with Gasteiger partial charge in [0.05, 0.1) is 0 Å². The Hall–Kier alpha value is -0.550. The van der Waals surface area contributed by atoms with Gasteiger partial charge in [-0.05, 0) is 41.3 Å². The first-order valence-corrected chi connectivity index (χ1v) is 8.60. The predicted octanol–water partition coefficient (Wildman–Crippen LogP) is 4.70. The largest absolute Gasteiger partial charge is 0.396 e. The maximum absolute atomic E-state index is 9.21. The van der Waals surface area contributed by atoms with E-state index in [4.69, 9.17) is 0 Å². The minimum atomic E-state index is 0.235. The summed E-state index contributed by atoms with van der Waals surface area (Å²) in [5, 5.41) is 14.1. The highest BCUT2D eigenvalue weighted by molar-refractivity contribution is 8.02. The van der Waals surface area contributed by atoms with Crippen LogP contribution >= 0.6 is 34.4 Å². The van der Waals surface area contributed by atoms with E-state index in [1.807, 2.05) is 23.1 Å². The number of rotatable bonds is 4. The number of allylic oxidation sites excluding steroid dienone is 1. The molecule has 4 heteroatoms. The van der Waals surface area contributed by atoms with Crippen LogP contribution < -0.4 is 0 Å². The lowest BCUT2D eigenvalue weighted by atomic mass is 10.1. The van der Waals surface area contributed by atoms with Crippen LogP contribution in [0.1, 0.15) is 22.1 Å². The molecule has 1 nitrogen and oxygen atoms in total. The maximum Gasteiger partial charge on any atom is 0.0471 e. The van der Waals surface area contributed by atoms with E-state index >= 15 is 0 Å². The third-order valence-electron chi connectivity index (χ3n) is 2.97. The summed E-state index contributed by atoms with van der Waals surface area (Å²) < 4.78 is 0. The Labute approximate surface area is 119 Å². The van der Waals surface area contributed by atoms with Crippen LogP contribution in [0.25, 0.3) is 9.75 Å². The smallest absolute Gasteiger partial charge is 0.0471 e. The van der Waals surface area contributed by atoms with Gasteiger partial charge in [-0.2, -0.15) is 0 Å². The van der Waals surface area contributed by atoms with E-state index in [9.17, 15) is 5.11 Å². The van der Waals surface area contributed by atoms with Gasteiger partial charge in [-0.15, -0.1) is 34.4 Å². The summed E-state index contributed by atoms with van der Waals surface area (Å²) in [6.07, 6.45) is 4.13. The van der Waals surface area contributed by atoms with Crippen LogP contribution in [-0.4, -0.2) is 11.7 Å². The average Bonchev–Trinajstić information content (AvgIpc) is 3.11. The molecule has 2 aromatic rings. The topological polar surface area (TPSA) is 20.2 Å². The van der Waals surface area contributed by atoms with Crippen molar-refractivity contribution < 1.29 is 5.11 Å². The van der Waals surface area contributed by atoms with Gasteiger partial charge in [0.1, 0.15) is 0 Å². The van der Waals surface area contributed by atoms with Crippen molar-refractivity contribution in [1.82, 2.24) is 0 Å². The molecule has 0 aromatic carbocycles. The molecule has 0 spiro atoms. The maximum atomic E-state index is 9.21. The van der Waals surface area contributed by atoms with Gasteiger partial charge in [0, 0.05) is 26.5 Å². The third kappa shape index (κ3) is 2.43. The SMILES string of the molecule is OCCc1cc(-c2cccs2)sc1C1CC=CS1. The molecule has 0 bridgehead atoms. The summed E-state index contributed by atoms with van der Waals surface area (Å²) in [6.45, 7) is 0.235. The van der Waals surface area contributed by atoms with Crippen LogP contribution in [0.3, 0.4) is 0 Å². The minimum Gasteiger partial charge on any atom is -0.396 e. The van der Waals surface area contributed by atoms with Gasteiger partial charge in [-0.3, -0.25) is 0 Å². The van der Waals surface area contributed by atoms with Crippen LogP contribution in [0.4, 0.5) is 0 Å². The molecule has 2 aromatic heterocycles. The van der Waals surface area contributed by atoms with Gasteiger partial charge in [0.25, 0.3) is 0 Å². The van der Waals surface area contributed by atoms with E-state index in [1.165, 1.54) is 20.2 Å². The van der Waals surface area contributed by atoms with Crippen molar-refractivity contribution in [2.75, 3.05) is 6.61 Å². The van der Waals surface area contributed by atoms with Crippen molar-refractivity contribution in [3.63, 3.8) is 0 Å².